The Bertz CT molecular complexity index is 455. The first-order valence-electron chi connectivity index (χ1n) is 4.80. The number of aryl methyl sites for hydroxylation is 1. The molecule has 0 saturated heterocycles. The van der Waals surface area contributed by atoms with Gasteiger partial charge in [0.2, 0.25) is 11.8 Å². The molecule has 0 amide bonds. The molecule has 2 aromatic rings. The van der Waals surface area contributed by atoms with E-state index in [-0.39, 0.29) is 5.95 Å². The van der Waals surface area contributed by atoms with E-state index in [9.17, 15) is 0 Å². The summed E-state index contributed by atoms with van der Waals surface area (Å²) in [6.45, 7) is 4.86. The summed E-state index contributed by atoms with van der Waals surface area (Å²) < 4.78 is 1.99. The summed E-state index contributed by atoms with van der Waals surface area (Å²) in [6, 6.07) is 0. The second-order valence-corrected chi connectivity index (χ2v) is 3.26. The predicted octanol–water partition coefficient (Wildman–Crippen LogP) is 0.364. The largest absolute Gasteiger partial charge is 0.366 e. The van der Waals surface area contributed by atoms with Gasteiger partial charge in [-0.25, -0.2) is 0 Å². The van der Waals surface area contributed by atoms with Gasteiger partial charge in [-0.1, -0.05) is 6.92 Å². The van der Waals surface area contributed by atoms with Crippen molar-refractivity contribution in [1.82, 2.24) is 29.9 Å². The first kappa shape index (κ1) is 9.63. The van der Waals surface area contributed by atoms with Gasteiger partial charge in [-0.15, -0.1) is 15.3 Å². The average molecular weight is 207 g/mol. The molecule has 0 saturated carbocycles. The second-order valence-electron chi connectivity index (χ2n) is 3.26. The number of nitrogens with two attached hydrogens (primary N) is 1. The highest BCUT2D eigenvalue weighted by molar-refractivity contribution is 5.45. The van der Waals surface area contributed by atoms with E-state index >= 15 is 0 Å². The van der Waals surface area contributed by atoms with E-state index in [4.69, 9.17) is 5.73 Å². The Labute approximate surface area is 86.7 Å². The number of anilines is 1. The van der Waals surface area contributed by atoms with Gasteiger partial charge in [0.1, 0.15) is 5.82 Å². The lowest BCUT2D eigenvalue weighted by Crippen LogP contribution is -2.03. The second kappa shape index (κ2) is 3.68. The molecule has 2 heterocycles. The molecule has 2 aromatic heterocycles. The zero-order chi connectivity index (χ0) is 10.8. The van der Waals surface area contributed by atoms with Crippen LogP contribution in [-0.4, -0.2) is 29.9 Å². The third-order valence-corrected chi connectivity index (χ3v) is 2.10. The molecule has 7 heteroatoms. The number of H-pyrrole nitrogens is 1. The highest BCUT2D eigenvalue weighted by atomic mass is 15.3. The maximum absolute atomic E-state index is 5.44. The van der Waals surface area contributed by atoms with Gasteiger partial charge >= 0.3 is 0 Å². The quantitative estimate of drug-likeness (QED) is 0.757. The monoisotopic (exact) mass is 207 g/mol. The fourth-order valence-corrected chi connectivity index (χ4v) is 1.42. The molecule has 7 nitrogen and oxygen atoms in total. The highest BCUT2D eigenvalue weighted by Crippen LogP contribution is 2.14. The number of nitrogens with one attached hydrogen (secondary N) is 1. The molecule has 0 aliphatic heterocycles. The Morgan fingerprint density at radius 3 is 2.80 bits per heavy atom. The smallest absolute Gasteiger partial charge is 0.239 e. The van der Waals surface area contributed by atoms with Gasteiger partial charge < -0.3 is 10.3 Å². The molecule has 80 valence electrons. The number of hydrogen-bond donors (Lipinski definition) is 2. The van der Waals surface area contributed by atoms with Crippen LogP contribution in [0.15, 0.2) is 0 Å². The molecule has 15 heavy (non-hydrogen) atoms. The SMILES string of the molecule is CCCn1c(C)nnc1-c1nc(N)n[nH]1. The number of nitrogen functional groups attached to an aromatic ring is 1. The van der Waals surface area contributed by atoms with Gasteiger partial charge in [0, 0.05) is 6.54 Å². The van der Waals surface area contributed by atoms with E-state index in [0.29, 0.717) is 11.6 Å². The Kier molecular flexibility index (Phi) is 2.36. The molecule has 3 N–H and O–H groups in total. The molecule has 0 fully saturated rings. The van der Waals surface area contributed by atoms with Crippen LogP contribution in [-0.2, 0) is 6.54 Å². The van der Waals surface area contributed by atoms with Gasteiger partial charge in [0.05, 0.1) is 0 Å². The Morgan fingerprint density at radius 2 is 2.20 bits per heavy atom. The zero-order valence-electron chi connectivity index (χ0n) is 8.73. The predicted molar refractivity (Wildman–Crippen MR) is 54.8 cm³/mol. The number of hydrogen-bond acceptors (Lipinski definition) is 5. The van der Waals surface area contributed by atoms with Crippen molar-refractivity contribution in [2.45, 2.75) is 26.8 Å². The number of aromatic amines is 1. The minimum absolute atomic E-state index is 0.216. The van der Waals surface area contributed by atoms with Crippen LogP contribution in [0, 0.1) is 6.92 Å². The maximum Gasteiger partial charge on any atom is 0.239 e. The number of aromatic nitrogens is 6. The molecule has 0 aliphatic rings. The number of rotatable bonds is 3. The molecular weight excluding hydrogens is 194 g/mol. The summed E-state index contributed by atoms with van der Waals surface area (Å²) in [4.78, 5) is 4.02. The molecule has 0 atom stereocenters. The molecule has 0 radical (unpaired) electrons. The summed E-state index contributed by atoms with van der Waals surface area (Å²) in [6.07, 6.45) is 1.01. The number of nitrogens with zero attached hydrogens (tertiary/aromatic N) is 5. The maximum atomic E-state index is 5.44. The lowest BCUT2D eigenvalue weighted by Gasteiger charge is -2.03. The van der Waals surface area contributed by atoms with Crippen LogP contribution in [0.5, 0.6) is 0 Å². The van der Waals surface area contributed by atoms with Crippen molar-refractivity contribution in [2.24, 2.45) is 0 Å². The van der Waals surface area contributed by atoms with E-state index in [1.807, 2.05) is 11.5 Å². The van der Waals surface area contributed by atoms with Gasteiger partial charge in [-0.05, 0) is 13.3 Å². The molecule has 0 aromatic carbocycles. The summed E-state index contributed by atoms with van der Waals surface area (Å²) in [5.74, 6) is 2.32. The highest BCUT2D eigenvalue weighted by Gasteiger charge is 2.13. The van der Waals surface area contributed by atoms with Crippen LogP contribution in [0.2, 0.25) is 0 Å². The van der Waals surface area contributed by atoms with E-state index in [0.717, 1.165) is 18.8 Å². The third-order valence-electron chi connectivity index (χ3n) is 2.10. The van der Waals surface area contributed by atoms with Gasteiger partial charge in [-0.3, -0.25) is 5.10 Å². The molecule has 0 unspecified atom stereocenters. The molecule has 2 rings (SSSR count). The fraction of sp³-hybridized carbons (Fsp3) is 0.500. The van der Waals surface area contributed by atoms with Gasteiger partial charge in [-0.2, -0.15) is 4.98 Å². The van der Waals surface area contributed by atoms with E-state index in [1.54, 1.807) is 0 Å². The topological polar surface area (TPSA) is 98.3 Å². The third kappa shape index (κ3) is 1.67. The van der Waals surface area contributed by atoms with Crippen LogP contribution in [0.3, 0.4) is 0 Å². The van der Waals surface area contributed by atoms with Crippen LogP contribution in [0.1, 0.15) is 19.2 Å². The van der Waals surface area contributed by atoms with Crippen LogP contribution < -0.4 is 5.73 Å². The van der Waals surface area contributed by atoms with Crippen molar-refractivity contribution in [2.75, 3.05) is 5.73 Å². The van der Waals surface area contributed by atoms with E-state index < -0.39 is 0 Å². The molecule has 0 bridgehead atoms. The fourth-order valence-electron chi connectivity index (χ4n) is 1.42. The van der Waals surface area contributed by atoms with Crippen molar-refractivity contribution in [3.05, 3.63) is 5.82 Å². The lowest BCUT2D eigenvalue weighted by molar-refractivity contribution is 0.660. The van der Waals surface area contributed by atoms with Crippen molar-refractivity contribution >= 4 is 5.95 Å². The molecule has 0 spiro atoms. The molecular formula is C8H13N7. The average Bonchev–Trinajstić information content (AvgIpc) is 2.76. The van der Waals surface area contributed by atoms with Crippen molar-refractivity contribution in [3.63, 3.8) is 0 Å². The van der Waals surface area contributed by atoms with Crippen molar-refractivity contribution in [1.29, 1.82) is 0 Å². The standard InChI is InChI=1S/C8H13N7/c1-3-4-15-5(2)11-13-7(15)6-10-8(9)14-12-6/h3-4H2,1-2H3,(H3,9,10,12,14). The van der Waals surface area contributed by atoms with Gasteiger partial charge in [0.15, 0.2) is 5.82 Å². The Morgan fingerprint density at radius 1 is 1.40 bits per heavy atom. The minimum atomic E-state index is 0.216. The summed E-state index contributed by atoms with van der Waals surface area (Å²) in [5.41, 5.74) is 5.44. The van der Waals surface area contributed by atoms with Crippen LogP contribution >= 0.6 is 0 Å². The first-order chi connectivity index (χ1) is 7.22. The van der Waals surface area contributed by atoms with E-state index in [2.05, 4.69) is 32.3 Å². The van der Waals surface area contributed by atoms with Crippen molar-refractivity contribution < 1.29 is 0 Å². The summed E-state index contributed by atoms with van der Waals surface area (Å²) in [7, 11) is 0. The first-order valence-corrected chi connectivity index (χ1v) is 4.80. The Hall–Kier alpha value is -1.92. The summed E-state index contributed by atoms with van der Waals surface area (Å²) in [5, 5.41) is 14.5. The van der Waals surface area contributed by atoms with E-state index in [1.165, 1.54) is 0 Å². The minimum Gasteiger partial charge on any atom is -0.366 e. The normalized spacial score (nSPS) is 10.8. The molecule has 0 aliphatic carbocycles. The Balaban J connectivity index is 2.43. The van der Waals surface area contributed by atoms with Gasteiger partial charge in [0.25, 0.3) is 0 Å². The zero-order valence-corrected chi connectivity index (χ0v) is 8.73. The lowest BCUT2D eigenvalue weighted by atomic mass is 10.4. The van der Waals surface area contributed by atoms with Crippen molar-refractivity contribution in [3.8, 4) is 11.6 Å². The van der Waals surface area contributed by atoms with Crippen LogP contribution in [0.4, 0.5) is 5.95 Å². The van der Waals surface area contributed by atoms with Crippen LogP contribution in [0.25, 0.3) is 11.6 Å². The summed E-state index contributed by atoms with van der Waals surface area (Å²) >= 11 is 0.